The van der Waals surface area contributed by atoms with Gasteiger partial charge in [-0.05, 0) is 25.1 Å². The monoisotopic (exact) mass is 235 g/mol. The molecule has 1 aliphatic rings. The molecule has 1 aromatic carbocycles. The van der Waals surface area contributed by atoms with Gasteiger partial charge in [0.25, 0.3) is 0 Å². The van der Waals surface area contributed by atoms with Gasteiger partial charge in [0.1, 0.15) is 18.2 Å². The van der Waals surface area contributed by atoms with Crippen LogP contribution in [0.2, 0.25) is 0 Å². The van der Waals surface area contributed by atoms with E-state index in [0.29, 0.717) is 5.69 Å². The minimum absolute atomic E-state index is 0.0724. The second kappa shape index (κ2) is 4.32. The summed E-state index contributed by atoms with van der Waals surface area (Å²) in [5.41, 5.74) is 0.358. The van der Waals surface area contributed by atoms with Crippen LogP contribution in [0.1, 0.15) is 6.92 Å². The largest absolute Gasteiger partial charge is 0.477 e. The van der Waals surface area contributed by atoms with Gasteiger partial charge in [0.05, 0.1) is 5.69 Å². The molecule has 2 rings (SSSR count). The molecule has 0 aliphatic carbocycles. The Morgan fingerprint density at radius 1 is 1.53 bits per heavy atom. The molecule has 0 radical (unpaired) electrons. The Morgan fingerprint density at radius 3 is 2.94 bits per heavy atom. The molecule has 88 valence electrons. The van der Waals surface area contributed by atoms with Crippen LogP contribution < -0.4 is 5.01 Å². The maximum absolute atomic E-state index is 13.0. The Morgan fingerprint density at radius 2 is 2.29 bits per heavy atom. The van der Waals surface area contributed by atoms with Crippen molar-refractivity contribution in [3.05, 3.63) is 30.1 Å². The summed E-state index contributed by atoms with van der Waals surface area (Å²) in [5, 5.41) is 14.1. The predicted octanol–water partition coefficient (Wildman–Crippen LogP) is 1.50. The third-order valence-corrected chi connectivity index (χ3v) is 2.30. The lowest BCUT2D eigenvalue weighted by Gasteiger charge is -2.20. The van der Waals surface area contributed by atoms with Gasteiger partial charge in [0, 0.05) is 0 Å². The standard InChI is InChI=1S/C11H10FN3O2/c1-7-10(11(16)17)14-15(6-13-7)9-4-2-3-8(12)5-9/h2-7H,1H3,(H,16,17). The van der Waals surface area contributed by atoms with Crippen molar-refractivity contribution in [3.63, 3.8) is 0 Å². The fraction of sp³-hybridized carbons (Fsp3) is 0.182. The molecule has 1 N–H and O–H groups in total. The van der Waals surface area contributed by atoms with Crippen LogP contribution in [0.15, 0.2) is 34.4 Å². The topological polar surface area (TPSA) is 65.3 Å². The number of carboxylic acids is 1. The SMILES string of the molecule is CC1N=CN(c2cccc(F)c2)N=C1C(=O)O. The highest BCUT2D eigenvalue weighted by molar-refractivity contribution is 6.38. The Kier molecular flexibility index (Phi) is 2.86. The van der Waals surface area contributed by atoms with Crippen molar-refractivity contribution in [1.82, 2.24) is 0 Å². The third kappa shape index (κ3) is 2.30. The number of rotatable bonds is 2. The predicted molar refractivity (Wildman–Crippen MR) is 61.9 cm³/mol. The molecule has 0 amide bonds. The quantitative estimate of drug-likeness (QED) is 0.844. The summed E-state index contributed by atoms with van der Waals surface area (Å²) in [7, 11) is 0. The molecule has 1 heterocycles. The lowest BCUT2D eigenvalue weighted by molar-refractivity contribution is -0.129. The molecule has 0 bridgehead atoms. The van der Waals surface area contributed by atoms with Crippen LogP contribution in [0.25, 0.3) is 0 Å². The zero-order valence-corrected chi connectivity index (χ0v) is 9.04. The maximum Gasteiger partial charge on any atom is 0.354 e. The minimum atomic E-state index is -1.13. The molecule has 1 aromatic rings. The van der Waals surface area contributed by atoms with E-state index in [9.17, 15) is 9.18 Å². The number of hydrogen-bond acceptors (Lipinski definition) is 4. The summed E-state index contributed by atoms with van der Waals surface area (Å²) in [5.74, 6) is -1.54. The van der Waals surface area contributed by atoms with E-state index in [1.807, 2.05) is 0 Å². The Hall–Kier alpha value is -2.24. The Balaban J connectivity index is 2.35. The van der Waals surface area contributed by atoms with E-state index in [0.717, 1.165) is 0 Å². The molecular weight excluding hydrogens is 225 g/mol. The van der Waals surface area contributed by atoms with E-state index in [1.165, 1.54) is 29.5 Å². The molecule has 5 nitrogen and oxygen atoms in total. The van der Waals surface area contributed by atoms with E-state index in [2.05, 4.69) is 10.1 Å². The van der Waals surface area contributed by atoms with Crippen LogP contribution in [0.3, 0.4) is 0 Å². The third-order valence-electron chi connectivity index (χ3n) is 2.30. The number of aliphatic carboxylic acids is 1. The molecule has 0 saturated carbocycles. The molecule has 1 aliphatic heterocycles. The highest BCUT2D eigenvalue weighted by atomic mass is 19.1. The summed E-state index contributed by atoms with van der Waals surface area (Å²) >= 11 is 0. The van der Waals surface area contributed by atoms with Crippen molar-refractivity contribution < 1.29 is 14.3 Å². The van der Waals surface area contributed by atoms with Crippen LogP contribution in [0.5, 0.6) is 0 Å². The van der Waals surface area contributed by atoms with Crippen LogP contribution in [-0.4, -0.2) is 29.2 Å². The zero-order chi connectivity index (χ0) is 12.4. The van der Waals surface area contributed by atoms with Crippen molar-refractivity contribution in [3.8, 4) is 0 Å². The van der Waals surface area contributed by atoms with Crippen LogP contribution in [-0.2, 0) is 4.79 Å². The van der Waals surface area contributed by atoms with Gasteiger partial charge in [-0.25, -0.2) is 14.2 Å². The van der Waals surface area contributed by atoms with Crippen LogP contribution in [0.4, 0.5) is 10.1 Å². The molecule has 0 aromatic heterocycles. The first-order chi connectivity index (χ1) is 8.08. The molecule has 17 heavy (non-hydrogen) atoms. The summed E-state index contributed by atoms with van der Waals surface area (Å²) in [4.78, 5) is 14.9. The van der Waals surface area contributed by atoms with Crippen LogP contribution in [0, 0.1) is 5.82 Å². The Bertz CT molecular complexity index is 513. The highest BCUT2D eigenvalue weighted by Gasteiger charge is 2.22. The van der Waals surface area contributed by atoms with E-state index >= 15 is 0 Å². The smallest absolute Gasteiger partial charge is 0.354 e. The average molecular weight is 235 g/mol. The molecule has 1 atom stereocenters. The number of hydrogen-bond donors (Lipinski definition) is 1. The number of anilines is 1. The van der Waals surface area contributed by atoms with Gasteiger partial charge in [0.2, 0.25) is 0 Å². The molecule has 6 heteroatoms. The summed E-state index contributed by atoms with van der Waals surface area (Å²) < 4.78 is 13.0. The zero-order valence-electron chi connectivity index (χ0n) is 9.04. The van der Waals surface area contributed by atoms with Crippen molar-refractivity contribution in [1.29, 1.82) is 0 Å². The Labute approximate surface area is 96.9 Å². The van der Waals surface area contributed by atoms with Gasteiger partial charge in [-0.1, -0.05) is 6.07 Å². The summed E-state index contributed by atoms with van der Waals surface area (Å²) in [6, 6.07) is 5.19. The van der Waals surface area contributed by atoms with Gasteiger partial charge in [-0.3, -0.25) is 4.99 Å². The lowest BCUT2D eigenvalue weighted by atomic mass is 10.2. The number of carboxylic acid groups (broad SMARTS) is 1. The number of hydrazone groups is 1. The first kappa shape index (κ1) is 11.3. The van der Waals surface area contributed by atoms with Crippen molar-refractivity contribution in [2.75, 3.05) is 5.01 Å². The second-order valence-corrected chi connectivity index (χ2v) is 3.56. The summed E-state index contributed by atoms with van der Waals surface area (Å²) in [6.07, 6.45) is 1.38. The fourth-order valence-electron chi connectivity index (χ4n) is 1.42. The maximum atomic E-state index is 13.0. The summed E-state index contributed by atoms with van der Waals surface area (Å²) in [6.45, 7) is 1.63. The minimum Gasteiger partial charge on any atom is -0.477 e. The first-order valence-corrected chi connectivity index (χ1v) is 4.98. The van der Waals surface area contributed by atoms with Crippen LogP contribution >= 0.6 is 0 Å². The lowest BCUT2D eigenvalue weighted by Crippen LogP contribution is -2.33. The number of halogens is 1. The van der Waals surface area contributed by atoms with E-state index < -0.39 is 17.8 Å². The number of aliphatic imine (C=N–C) groups is 1. The average Bonchev–Trinajstić information content (AvgIpc) is 2.29. The molecular formula is C11H10FN3O2. The molecule has 0 fully saturated rings. The van der Waals surface area contributed by atoms with Gasteiger partial charge >= 0.3 is 5.97 Å². The van der Waals surface area contributed by atoms with Crippen molar-refractivity contribution >= 4 is 23.7 Å². The van der Waals surface area contributed by atoms with Gasteiger partial charge < -0.3 is 5.11 Å². The molecule has 0 spiro atoms. The van der Waals surface area contributed by atoms with E-state index in [-0.39, 0.29) is 5.71 Å². The molecule has 1 unspecified atom stereocenters. The first-order valence-electron chi connectivity index (χ1n) is 4.98. The fourth-order valence-corrected chi connectivity index (χ4v) is 1.42. The highest BCUT2D eigenvalue weighted by Crippen LogP contribution is 2.17. The molecule has 0 saturated heterocycles. The van der Waals surface area contributed by atoms with Crippen molar-refractivity contribution in [2.45, 2.75) is 13.0 Å². The number of nitrogens with zero attached hydrogens (tertiary/aromatic N) is 3. The van der Waals surface area contributed by atoms with Gasteiger partial charge in [-0.2, -0.15) is 5.10 Å². The number of carbonyl (C=O) groups is 1. The van der Waals surface area contributed by atoms with Gasteiger partial charge in [-0.15, -0.1) is 0 Å². The van der Waals surface area contributed by atoms with Crippen molar-refractivity contribution in [2.24, 2.45) is 10.1 Å². The van der Waals surface area contributed by atoms with E-state index in [4.69, 9.17) is 5.11 Å². The van der Waals surface area contributed by atoms with E-state index in [1.54, 1.807) is 13.0 Å². The van der Waals surface area contributed by atoms with Gasteiger partial charge in [0.15, 0.2) is 5.71 Å². The second-order valence-electron chi connectivity index (χ2n) is 3.56. The number of benzene rings is 1. The normalized spacial score (nSPS) is 19.1.